The normalized spacial score (nSPS) is 9.75. The summed E-state index contributed by atoms with van der Waals surface area (Å²) in [6.07, 6.45) is 0. The fourth-order valence-electron chi connectivity index (χ4n) is 0.992. The number of carboxylic acids is 1. The third kappa shape index (κ3) is 1.37. The zero-order valence-electron chi connectivity index (χ0n) is 6.25. The van der Waals surface area contributed by atoms with E-state index in [1.807, 2.05) is 0 Å². The number of nitrogen functional groups attached to an aromatic ring is 1. The number of anilines is 1. The molecule has 3 N–H and O–H groups in total. The van der Waals surface area contributed by atoms with Gasteiger partial charge in [-0.3, -0.25) is 0 Å². The van der Waals surface area contributed by atoms with E-state index >= 15 is 0 Å². The maximum Gasteiger partial charge on any atom is 0.338 e. The molecule has 0 unspecified atom stereocenters. The van der Waals surface area contributed by atoms with Gasteiger partial charge in [0.15, 0.2) is 0 Å². The number of carboxylic acid groups (broad SMARTS) is 1. The number of nitrogens with two attached hydrogens (primary N) is 1. The molecule has 4 heteroatoms. The Kier molecular flexibility index (Phi) is 2.28. The lowest BCUT2D eigenvalue weighted by Crippen LogP contribution is -2.05. The van der Waals surface area contributed by atoms with E-state index in [0.717, 1.165) is 0 Å². The zero-order valence-corrected chi connectivity index (χ0v) is 6.25. The number of alkyl halides is 1. The topological polar surface area (TPSA) is 63.3 Å². The Labute approximate surface area is 68.6 Å². The molecule has 12 heavy (non-hydrogen) atoms. The van der Waals surface area contributed by atoms with Gasteiger partial charge in [0.05, 0.1) is 5.56 Å². The second kappa shape index (κ2) is 3.21. The molecule has 0 amide bonds. The Morgan fingerprint density at radius 1 is 1.58 bits per heavy atom. The minimum Gasteiger partial charge on any atom is -0.478 e. The monoisotopic (exact) mass is 169 g/mol. The van der Waals surface area contributed by atoms with E-state index in [2.05, 4.69) is 0 Å². The van der Waals surface area contributed by atoms with Gasteiger partial charge in [0.1, 0.15) is 6.67 Å². The van der Waals surface area contributed by atoms with E-state index in [4.69, 9.17) is 10.8 Å². The summed E-state index contributed by atoms with van der Waals surface area (Å²) in [5, 5.41) is 8.63. The largest absolute Gasteiger partial charge is 0.478 e. The van der Waals surface area contributed by atoms with Crippen LogP contribution in [0.5, 0.6) is 0 Å². The van der Waals surface area contributed by atoms with Gasteiger partial charge in [-0.05, 0) is 11.6 Å². The summed E-state index contributed by atoms with van der Waals surface area (Å²) < 4.78 is 12.2. The summed E-state index contributed by atoms with van der Waals surface area (Å²) in [7, 11) is 0. The van der Waals surface area contributed by atoms with Gasteiger partial charge in [-0.1, -0.05) is 12.1 Å². The number of benzene rings is 1. The van der Waals surface area contributed by atoms with Crippen molar-refractivity contribution in [2.45, 2.75) is 6.67 Å². The van der Waals surface area contributed by atoms with Gasteiger partial charge >= 0.3 is 5.97 Å². The van der Waals surface area contributed by atoms with Crippen LogP contribution in [0.15, 0.2) is 18.2 Å². The lowest BCUT2D eigenvalue weighted by Gasteiger charge is -2.03. The number of aromatic carboxylic acids is 1. The van der Waals surface area contributed by atoms with Crippen LogP contribution in [0, 0.1) is 0 Å². The molecule has 0 saturated carbocycles. The third-order valence-electron chi connectivity index (χ3n) is 1.54. The van der Waals surface area contributed by atoms with E-state index < -0.39 is 12.6 Å². The first kappa shape index (κ1) is 8.52. The number of hydrogen-bond donors (Lipinski definition) is 2. The van der Waals surface area contributed by atoms with E-state index in [-0.39, 0.29) is 16.8 Å². The molecule has 0 aliphatic rings. The van der Waals surface area contributed by atoms with Crippen LogP contribution >= 0.6 is 0 Å². The van der Waals surface area contributed by atoms with Crippen molar-refractivity contribution >= 4 is 11.7 Å². The van der Waals surface area contributed by atoms with E-state index in [9.17, 15) is 9.18 Å². The Morgan fingerprint density at radius 3 is 2.67 bits per heavy atom. The first-order valence-electron chi connectivity index (χ1n) is 3.33. The summed E-state index contributed by atoms with van der Waals surface area (Å²) in [5.41, 5.74) is 5.42. The quantitative estimate of drug-likeness (QED) is 0.658. The molecule has 0 aliphatic carbocycles. The Bertz CT molecular complexity index is 312. The van der Waals surface area contributed by atoms with Gasteiger partial charge in [0, 0.05) is 5.69 Å². The Morgan fingerprint density at radius 2 is 2.25 bits per heavy atom. The van der Waals surface area contributed by atoms with Crippen LogP contribution in [-0.2, 0) is 6.67 Å². The lowest BCUT2D eigenvalue weighted by atomic mass is 10.1. The highest BCUT2D eigenvalue weighted by Gasteiger charge is 2.12. The number of halogens is 1. The van der Waals surface area contributed by atoms with Gasteiger partial charge in [-0.15, -0.1) is 0 Å². The zero-order chi connectivity index (χ0) is 9.14. The fourth-order valence-corrected chi connectivity index (χ4v) is 0.992. The van der Waals surface area contributed by atoms with Crippen molar-refractivity contribution in [3.63, 3.8) is 0 Å². The Balaban J connectivity index is 3.29. The van der Waals surface area contributed by atoms with Crippen LogP contribution in [-0.4, -0.2) is 11.1 Å². The first-order valence-corrected chi connectivity index (χ1v) is 3.33. The molecule has 1 aromatic carbocycles. The molecule has 0 fully saturated rings. The van der Waals surface area contributed by atoms with Gasteiger partial charge in [0.25, 0.3) is 0 Å². The second-order valence-corrected chi connectivity index (χ2v) is 2.32. The van der Waals surface area contributed by atoms with E-state index in [1.54, 1.807) is 0 Å². The predicted molar refractivity (Wildman–Crippen MR) is 42.6 cm³/mol. The Hall–Kier alpha value is -1.58. The molecular weight excluding hydrogens is 161 g/mol. The summed E-state index contributed by atoms with van der Waals surface area (Å²) in [6, 6.07) is 4.36. The lowest BCUT2D eigenvalue weighted by molar-refractivity contribution is 0.0696. The van der Waals surface area contributed by atoms with Crippen LogP contribution in [0.2, 0.25) is 0 Å². The van der Waals surface area contributed by atoms with Crippen molar-refractivity contribution in [3.8, 4) is 0 Å². The van der Waals surface area contributed by atoms with Gasteiger partial charge in [-0.2, -0.15) is 0 Å². The average molecular weight is 169 g/mol. The smallest absolute Gasteiger partial charge is 0.338 e. The first-order chi connectivity index (χ1) is 5.66. The SMILES string of the molecule is Nc1cccc(CF)c1C(=O)O. The van der Waals surface area contributed by atoms with Gasteiger partial charge in [-0.25, -0.2) is 9.18 Å². The third-order valence-corrected chi connectivity index (χ3v) is 1.54. The van der Waals surface area contributed by atoms with Crippen molar-refractivity contribution < 1.29 is 14.3 Å². The summed E-state index contributed by atoms with van der Waals surface area (Å²) in [4.78, 5) is 10.6. The molecule has 3 nitrogen and oxygen atoms in total. The van der Waals surface area contributed by atoms with Crippen LogP contribution in [0.4, 0.5) is 10.1 Å². The second-order valence-electron chi connectivity index (χ2n) is 2.32. The minimum atomic E-state index is -1.19. The number of rotatable bonds is 2. The van der Waals surface area contributed by atoms with Crippen molar-refractivity contribution in [1.82, 2.24) is 0 Å². The van der Waals surface area contributed by atoms with Crippen LogP contribution in [0.25, 0.3) is 0 Å². The predicted octanol–water partition coefficient (Wildman–Crippen LogP) is 1.44. The highest BCUT2D eigenvalue weighted by Crippen LogP contribution is 2.17. The molecule has 0 aliphatic heterocycles. The molecule has 0 bridgehead atoms. The number of hydrogen-bond acceptors (Lipinski definition) is 2. The van der Waals surface area contributed by atoms with Crippen LogP contribution in [0.1, 0.15) is 15.9 Å². The molecule has 1 aromatic rings. The van der Waals surface area contributed by atoms with E-state index in [1.165, 1.54) is 18.2 Å². The molecule has 0 radical (unpaired) electrons. The minimum absolute atomic E-state index is 0.0950. The molecular formula is C8H8FNO2. The summed E-state index contributed by atoms with van der Waals surface area (Å²) in [6.45, 7) is -0.813. The van der Waals surface area contributed by atoms with Crippen LogP contribution in [0.3, 0.4) is 0 Å². The van der Waals surface area contributed by atoms with Crippen molar-refractivity contribution in [2.75, 3.05) is 5.73 Å². The molecule has 64 valence electrons. The maximum atomic E-state index is 12.2. The standard InChI is InChI=1S/C8H8FNO2/c9-4-5-2-1-3-6(10)7(5)8(11)12/h1-3H,4,10H2,(H,11,12). The molecule has 0 spiro atoms. The highest BCUT2D eigenvalue weighted by molar-refractivity contribution is 5.95. The summed E-state index contributed by atoms with van der Waals surface area (Å²) in [5.74, 6) is -1.19. The average Bonchev–Trinajstić information content (AvgIpc) is 2.03. The van der Waals surface area contributed by atoms with Crippen LogP contribution < -0.4 is 5.73 Å². The maximum absolute atomic E-state index is 12.2. The van der Waals surface area contributed by atoms with Gasteiger partial charge in [0.2, 0.25) is 0 Å². The fraction of sp³-hybridized carbons (Fsp3) is 0.125. The number of carbonyl (C=O) groups is 1. The van der Waals surface area contributed by atoms with E-state index in [0.29, 0.717) is 0 Å². The summed E-state index contributed by atoms with van der Waals surface area (Å²) >= 11 is 0. The molecule has 0 atom stereocenters. The highest BCUT2D eigenvalue weighted by atomic mass is 19.1. The molecule has 0 heterocycles. The van der Waals surface area contributed by atoms with Crippen molar-refractivity contribution in [2.24, 2.45) is 0 Å². The van der Waals surface area contributed by atoms with Crippen molar-refractivity contribution in [1.29, 1.82) is 0 Å². The van der Waals surface area contributed by atoms with Gasteiger partial charge < -0.3 is 10.8 Å². The molecule has 1 rings (SSSR count). The molecule has 0 saturated heterocycles. The van der Waals surface area contributed by atoms with Crippen molar-refractivity contribution in [3.05, 3.63) is 29.3 Å². The molecule has 0 aromatic heterocycles.